The molecule has 0 bridgehead atoms. The van der Waals surface area contributed by atoms with Gasteiger partial charge in [-0.15, -0.1) is 0 Å². The first-order valence-corrected chi connectivity index (χ1v) is 7.76. The van der Waals surface area contributed by atoms with Gasteiger partial charge in [0.15, 0.2) is 11.6 Å². The molecular weight excluding hydrogens is 292 g/mol. The van der Waals surface area contributed by atoms with E-state index >= 15 is 0 Å². The Kier molecular flexibility index (Phi) is 5.11. The average Bonchev–Trinajstić information content (AvgIpc) is 2.54. The number of fused-ring (bicyclic) bond motifs is 1. The standard InChI is InChI=1S/C18H22N2O3/c1-10(2)15(19)18(23)20-9-8-12-11(3)16(21)13-6-4-5-7-14(13)17(12)22/h4-7,10,15H,8-9,19H2,1-3H3,(H,20,23)/t15-/m1/s1. The fourth-order valence-corrected chi connectivity index (χ4v) is 2.58. The highest BCUT2D eigenvalue weighted by Crippen LogP contribution is 2.27. The molecule has 0 fully saturated rings. The van der Waals surface area contributed by atoms with E-state index in [1.165, 1.54) is 0 Å². The van der Waals surface area contributed by atoms with Crippen LogP contribution < -0.4 is 11.1 Å². The molecular formula is C18H22N2O3. The summed E-state index contributed by atoms with van der Waals surface area (Å²) in [5.74, 6) is -0.463. The van der Waals surface area contributed by atoms with Crippen molar-refractivity contribution in [1.29, 1.82) is 0 Å². The van der Waals surface area contributed by atoms with Crippen LogP contribution in [0.1, 0.15) is 47.9 Å². The second-order valence-corrected chi connectivity index (χ2v) is 6.12. The summed E-state index contributed by atoms with van der Waals surface area (Å²) in [6.45, 7) is 5.69. The van der Waals surface area contributed by atoms with Crippen molar-refractivity contribution in [2.75, 3.05) is 6.54 Å². The third-order valence-electron chi connectivity index (χ3n) is 4.18. The summed E-state index contributed by atoms with van der Waals surface area (Å²) in [4.78, 5) is 36.7. The van der Waals surface area contributed by atoms with Crippen molar-refractivity contribution < 1.29 is 14.4 Å². The fourth-order valence-electron chi connectivity index (χ4n) is 2.58. The summed E-state index contributed by atoms with van der Waals surface area (Å²) in [5, 5.41) is 2.73. The van der Waals surface area contributed by atoms with Gasteiger partial charge in [0.25, 0.3) is 0 Å². The fraction of sp³-hybridized carbons (Fsp3) is 0.389. The minimum absolute atomic E-state index is 0.0423. The number of rotatable bonds is 5. The van der Waals surface area contributed by atoms with Crippen LogP contribution in [-0.4, -0.2) is 30.1 Å². The predicted octanol–water partition coefficient (Wildman–Crippen LogP) is 1.87. The summed E-state index contributed by atoms with van der Waals surface area (Å²) in [5.41, 5.74) is 7.58. The number of nitrogens with two attached hydrogens (primary N) is 1. The number of Topliss-reactive ketones (excluding diaryl/α,β-unsaturated/α-hetero) is 2. The Labute approximate surface area is 135 Å². The third kappa shape index (κ3) is 3.40. The van der Waals surface area contributed by atoms with E-state index in [-0.39, 0.29) is 29.9 Å². The van der Waals surface area contributed by atoms with Crippen LogP contribution in [0.5, 0.6) is 0 Å². The van der Waals surface area contributed by atoms with Gasteiger partial charge in [-0.2, -0.15) is 0 Å². The summed E-state index contributed by atoms with van der Waals surface area (Å²) in [6, 6.07) is 6.24. The van der Waals surface area contributed by atoms with E-state index in [2.05, 4.69) is 5.32 Å². The molecule has 1 aliphatic rings. The van der Waals surface area contributed by atoms with E-state index in [1.807, 2.05) is 13.8 Å². The molecule has 0 radical (unpaired) electrons. The predicted molar refractivity (Wildman–Crippen MR) is 88.2 cm³/mol. The second kappa shape index (κ2) is 6.87. The van der Waals surface area contributed by atoms with E-state index < -0.39 is 6.04 Å². The lowest BCUT2D eigenvalue weighted by Crippen LogP contribution is -2.44. The Morgan fingerprint density at radius 2 is 1.70 bits per heavy atom. The van der Waals surface area contributed by atoms with Crippen LogP contribution in [0.3, 0.4) is 0 Å². The highest BCUT2D eigenvalue weighted by Gasteiger charge is 2.29. The van der Waals surface area contributed by atoms with Crippen molar-refractivity contribution in [1.82, 2.24) is 5.32 Å². The lowest BCUT2D eigenvalue weighted by Gasteiger charge is -2.20. The zero-order valence-electron chi connectivity index (χ0n) is 13.7. The maximum absolute atomic E-state index is 12.5. The summed E-state index contributed by atoms with van der Waals surface area (Å²) in [6.07, 6.45) is 0.321. The van der Waals surface area contributed by atoms with Crippen LogP contribution in [0, 0.1) is 5.92 Å². The highest BCUT2D eigenvalue weighted by molar-refractivity contribution is 6.26. The molecule has 1 atom stereocenters. The van der Waals surface area contributed by atoms with Crippen molar-refractivity contribution in [2.24, 2.45) is 11.7 Å². The molecule has 5 nitrogen and oxygen atoms in total. The van der Waals surface area contributed by atoms with E-state index in [0.717, 1.165) is 0 Å². The van der Waals surface area contributed by atoms with Crippen LogP contribution in [0.25, 0.3) is 0 Å². The van der Waals surface area contributed by atoms with Gasteiger partial charge in [-0.25, -0.2) is 0 Å². The number of nitrogens with one attached hydrogen (secondary N) is 1. The Morgan fingerprint density at radius 1 is 1.13 bits per heavy atom. The monoisotopic (exact) mass is 314 g/mol. The van der Waals surface area contributed by atoms with Crippen molar-refractivity contribution >= 4 is 17.5 Å². The first kappa shape index (κ1) is 17.1. The van der Waals surface area contributed by atoms with E-state index in [1.54, 1.807) is 31.2 Å². The van der Waals surface area contributed by atoms with Gasteiger partial charge in [0.1, 0.15) is 0 Å². The van der Waals surface area contributed by atoms with E-state index in [0.29, 0.717) is 28.7 Å². The quantitative estimate of drug-likeness (QED) is 0.868. The van der Waals surface area contributed by atoms with E-state index in [4.69, 9.17) is 5.73 Å². The van der Waals surface area contributed by atoms with Crippen LogP contribution in [0.4, 0.5) is 0 Å². The molecule has 1 aliphatic carbocycles. The SMILES string of the molecule is CC1=C(CCNC(=O)[C@H](N)C(C)C)C(=O)c2ccccc2C1=O. The number of carbonyl (C=O) groups is 3. The molecule has 122 valence electrons. The Morgan fingerprint density at radius 3 is 2.26 bits per heavy atom. The molecule has 5 heteroatoms. The minimum Gasteiger partial charge on any atom is -0.354 e. The molecule has 0 spiro atoms. The van der Waals surface area contributed by atoms with Crippen molar-refractivity contribution in [3.63, 3.8) is 0 Å². The summed E-state index contributed by atoms with van der Waals surface area (Å²) >= 11 is 0. The molecule has 1 aromatic rings. The minimum atomic E-state index is -0.575. The Bertz CT molecular complexity index is 689. The molecule has 3 N–H and O–H groups in total. The third-order valence-corrected chi connectivity index (χ3v) is 4.18. The largest absolute Gasteiger partial charge is 0.354 e. The molecule has 1 aromatic carbocycles. The normalized spacial score (nSPS) is 15.7. The van der Waals surface area contributed by atoms with Crippen molar-refractivity contribution in [3.8, 4) is 0 Å². The highest BCUT2D eigenvalue weighted by atomic mass is 16.2. The molecule has 23 heavy (non-hydrogen) atoms. The number of hydrogen-bond acceptors (Lipinski definition) is 4. The first-order valence-electron chi connectivity index (χ1n) is 7.76. The summed E-state index contributed by atoms with van der Waals surface area (Å²) < 4.78 is 0. The van der Waals surface area contributed by atoms with Crippen LogP contribution in [-0.2, 0) is 4.79 Å². The van der Waals surface area contributed by atoms with Gasteiger partial charge in [0.05, 0.1) is 6.04 Å². The molecule has 0 aliphatic heterocycles. The molecule has 0 saturated carbocycles. The average molecular weight is 314 g/mol. The lowest BCUT2D eigenvalue weighted by atomic mass is 9.83. The van der Waals surface area contributed by atoms with Gasteiger partial charge in [-0.3, -0.25) is 14.4 Å². The van der Waals surface area contributed by atoms with Gasteiger partial charge in [-0.1, -0.05) is 38.1 Å². The number of hydrogen-bond donors (Lipinski definition) is 2. The molecule has 0 saturated heterocycles. The van der Waals surface area contributed by atoms with Gasteiger partial charge >= 0.3 is 0 Å². The number of carbonyl (C=O) groups excluding carboxylic acids is 3. The number of amides is 1. The topological polar surface area (TPSA) is 89.3 Å². The number of benzene rings is 1. The zero-order chi connectivity index (χ0) is 17.1. The van der Waals surface area contributed by atoms with Crippen LogP contribution in [0.15, 0.2) is 35.4 Å². The van der Waals surface area contributed by atoms with E-state index in [9.17, 15) is 14.4 Å². The Hall–Kier alpha value is -2.27. The molecule has 0 heterocycles. The number of allylic oxidation sites excluding steroid dienone is 1. The van der Waals surface area contributed by atoms with Crippen LogP contribution >= 0.6 is 0 Å². The lowest BCUT2D eigenvalue weighted by molar-refractivity contribution is -0.123. The van der Waals surface area contributed by atoms with Gasteiger partial charge in [0.2, 0.25) is 5.91 Å². The molecule has 0 aromatic heterocycles. The Balaban J connectivity index is 2.09. The van der Waals surface area contributed by atoms with Gasteiger partial charge < -0.3 is 11.1 Å². The number of ketones is 2. The van der Waals surface area contributed by atoms with Crippen molar-refractivity contribution in [3.05, 3.63) is 46.5 Å². The maximum Gasteiger partial charge on any atom is 0.237 e. The van der Waals surface area contributed by atoms with Crippen LogP contribution in [0.2, 0.25) is 0 Å². The smallest absolute Gasteiger partial charge is 0.237 e. The van der Waals surface area contributed by atoms with Gasteiger partial charge in [0, 0.05) is 28.8 Å². The first-order chi connectivity index (χ1) is 10.8. The maximum atomic E-state index is 12.5. The van der Waals surface area contributed by atoms with Crippen molar-refractivity contribution in [2.45, 2.75) is 33.2 Å². The zero-order valence-corrected chi connectivity index (χ0v) is 13.7. The molecule has 2 rings (SSSR count). The second-order valence-electron chi connectivity index (χ2n) is 6.12. The summed E-state index contributed by atoms with van der Waals surface area (Å²) in [7, 11) is 0. The van der Waals surface area contributed by atoms with Gasteiger partial charge in [-0.05, 0) is 19.3 Å². The molecule has 1 amide bonds. The molecule has 0 unspecified atom stereocenters.